The Balaban J connectivity index is 1.80. The van der Waals surface area contributed by atoms with Crippen LogP contribution in [0.2, 0.25) is 10.0 Å². The predicted molar refractivity (Wildman–Crippen MR) is 90.0 cm³/mol. The van der Waals surface area contributed by atoms with Crippen molar-refractivity contribution >= 4 is 34.9 Å². The zero-order chi connectivity index (χ0) is 16.2. The third-order valence-corrected chi connectivity index (χ3v) is 4.11. The molecule has 1 N–H and O–H groups in total. The van der Waals surface area contributed by atoms with Crippen LogP contribution < -0.4 is 5.32 Å². The number of aromatic nitrogens is 3. The highest BCUT2D eigenvalue weighted by molar-refractivity contribution is 6.42. The fourth-order valence-electron chi connectivity index (χ4n) is 2.09. The third kappa shape index (κ3) is 3.52. The van der Waals surface area contributed by atoms with Gasteiger partial charge in [0.1, 0.15) is 5.82 Å². The van der Waals surface area contributed by atoms with Crippen molar-refractivity contribution in [1.29, 1.82) is 0 Å². The summed E-state index contributed by atoms with van der Waals surface area (Å²) in [4.78, 5) is 16.1. The van der Waals surface area contributed by atoms with Crippen LogP contribution in [0, 0.1) is 0 Å². The number of pyridine rings is 1. The van der Waals surface area contributed by atoms with Crippen LogP contribution >= 0.6 is 23.2 Å². The molecule has 0 aliphatic heterocycles. The molecule has 0 fully saturated rings. The maximum atomic E-state index is 12.2. The van der Waals surface area contributed by atoms with E-state index in [0.29, 0.717) is 28.0 Å². The number of anilines is 1. The first kappa shape index (κ1) is 15.5. The molecule has 2 aromatic heterocycles. The smallest absolute Gasteiger partial charge is 0.256 e. The maximum absolute atomic E-state index is 12.2. The monoisotopic (exact) mass is 346 g/mol. The zero-order valence-electron chi connectivity index (χ0n) is 11.9. The number of carbonyl (C=O) groups excluding carboxylic acids is 1. The molecule has 116 valence electrons. The molecule has 3 aromatic rings. The van der Waals surface area contributed by atoms with Crippen LogP contribution in [0.25, 0.3) is 0 Å². The number of amides is 1. The molecular formula is C16H12Cl2N4O. The molecule has 0 atom stereocenters. The summed E-state index contributed by atoms with van der Waals surface area (Å²) in [5.74, 6) is 0.342. The molecule has 3 rings (SSSR count). The van der Waals surface area contributed by atoms with Gasteiger partial charge in [-0.3, -0.25) is 9.78 Å². The second-order valence-electron chi connectivity index (χ2n) is 4.78. The summed E-state index contributed by atoms with van der Waals surface area (Å²) < 4.78 is 1.65. The van der Waals surface area contributed by atoms with Gasteiger partial charge in [0.2, 0.25) is 0 Å². The minimum absolute atomic E-state index is 0.230. The third-order valence-electron chi connectivity index (χ3n) is 3.25. The fourth-order valence-corrected chi connectivity index (χ4v) is 2.47. The molecule has 2 heterocycles. The Kier molecular flexibility index (Phi) is 4.60. The summed E-state index contributed by atoms with van der Waals surface area (Å²) in [6.45, 7) is 0.401. The van der Waals surface area contributed by atoms with Crippen molar-refractivity contribution in [3.63, 3.8) is 0 Å². The molecule has 7 heteroatoms. The lowest BCUT2D eigenvalue weighted by molar-refractivity contribution is 0.102. The molecule has 23 heavy (non-hydrogen) atoms. The van der Waals surface area contributed by atoms with Gasteiger partial charge >= 0.3 is 0 Å². The highest BCUT2D eigenvalue weighted by Crippen LogP contribution is 2.26. The van der Waals surface area contributed by atoms with Gasteiger partial charge < -0.3 is 5.32 Å². The minimum Gasteiger partial charge on any atom is -0.307 e. The maximum Gasteiger partial charge on any atom is 0.256 e. The van der Waals surface area contributed by atoms with Gasteiger partial charge in [-0.15, -0.1) is 0 Å². The standard InChI is InChI=1S/C16H12Cl2N4O/c17-13-3-1-2-12(15(13)18)10-22-14(6-9-20-22)21-16(23)11-4-7-19-8-5-11/h1-9H,10H2,(H,21,23). The van der Waals surface area contributed by atoms with Crippen molar-refractivity contribution in [3.8, 4) is 0 Å². The van der Waals surface area contributed by atoms with Crippen molar-refractivity contribution in [1.82, 2.24) is 14.8 Å². The Morgan fingerprint density at radius 2 is 1.87 bits per heavy atom. The number of benzene rings is 1. The lowest BCUT2D eigenvalue weighted by Gasteiger charge is -2.10. The summed E-state index contributed by atoms with van der Waals surface area (Å²) in [6, 6.07) is 10.4. The Hall–Kier alpha value is -2.37. The van der Waals surface area contributed by atoms with E-state index in [9.17, 15) is 4.79 Å². The molecule has 0 aliphatic rings. The molecule has 0 radical (unpaired) electrons. The zero-order valence-corrected chi connectivity index (χ0v) is 13.4. The summed E-state index contributed by atoms with van der Waals surface area (Å²) in [5, 5.41) is 8.00. The van der Waals surface area contributed by atoms with Gasteiger partial charge in [-0.25, -0.2) is 4.68 Å². The number of nitrogens with one attached hydrogen (secondary N) is 1. The number of halogens is 2. The van der Waals surface area contributed by atoms with Crippen LogP contribution in [0.5, 0.6) is 0 Å². The number of rotatable bonds is 4. The van der Waals surface area contributed by atoms with E-state index >= 15 is 0 Å². The topological polar surface area (TPSA) is 59.8 Å². The molecule has 5 nitrogen and oxygen atoms in total. The number of nitrogens with zero attached hydrogens (tertiary/aromatic N) is 3. The SMILES string of the molecule is O=C(Nc1ccnn1Cc1cccc(Cl)c1Cl)c1ccncc1. The van der Waals surface area contributed by atoms with Crippen LogP contribution in [0.15, 0.2) is 55.0 Å². The van der Waals surface area contributed by atoms with E-state index in [-0.39, 0.29) is 5.91 Å². The van der Waals surface area contributed by atoms with E-state index in [2.05, 4.69) is 15.4 Å². The lowest BCUT2D eigenvalue weighted by Crippen LogP contribution is -2.16. The van der Waals surface area contributed by atoms with E-state index < -0.39 is 0 Å². The highest BCUT2D eigenvalue weighted by atomic mass is 35.5. The Morgan fingerprint density at radius 1 is 1.09 bits per heavy atom. The Morgan fingerprint density at radius 3 is 2.65 bits per heavy atom. The normalized spacial score (nSPS) is 10.5. The molecule has 0 spiro atoms. The lowest BCUT2D eigenvalue weighted by atomic mass is 10.2. The molecule has 1 aromatic carbocycles. The van der Waals surface area contributed by atoms with Crippen LogP contribution in [0.4, 0.5) is 5.82 Å². The molecule has 0 saturated carbocycles. The first-order valence-corrected chi connectivity index (χ1v) is 7.57. The van der Waals surface area contributed by atoms with Gasteiger partial charge in [-0.05, 0) is 23.8 Å². The van der Waals surface area contributed by atoms with Gasteiger partial charge in [-0.2, -0.15) is 5.10 Å². The van der Waals surface area contributed by atoms with Crippen molar-refractivity contribution in [2.45, 2.75) is 6.54 Å². The van der Waals surface area contributed by atoms with Crippen LogP contribution in [-0.2, 0) is 6.54 Å². The first-order valence-electron chi connectivity index (χ1n) is 6.81. The van der Waals surface area contributed by atoms with E-state index in [1.54, 1.807) is 47.5 Å². The van der Waals surface area contributed by atoms with Gasteiger partial charge in [0, 0.05) is 24.0 Å². The van der Waals surface area contributed by atoms with Crippen molar-refractivity contribution in [2.75, 3.05) is 5.32 Å². The molecule has 0 aliphatic carbocycles. The van der Waals surface area contributed by atoms with Crippen molar-refractivity contribution in [2.24, 2.45) is 0 Å². The Bertz CT molecular complexity index is 833. The van der Waals surface area contributed by atoms with Crippen molar-refractivity contribution < 1.29 is 4.79 Å². The van der Waals surface area contributed by atoms with E-state index in [4.69, 9.17) is 23.2 Å². The predicted octanol–water partition coefficient (Wildman–Crippen LogP) is 3.89. The minimum atomic E-state index is -0.230. The highest BCUT2D eigenvalue weighted by Gasteiger charge is 2.11. The first-order chi connectivity index (χ1) is 11.1. The number of hydrogen-bond acceptors (Lipinski definition) is 3. The van der Waals surface area contributed by atoms with Crippen molar-refractivity contribution in [3.05, 3.63) is 76.2 Å². The van der Waals surface area contributed by atoms with E-state index in [1.165, 1.54) is 0 Å². The molecule has 0 bridgehead atoms. The summed E-state index contributed by atoms with van der Waals surface area (Å²) in [7, 11) is 0. The van der Waals surface area contributed by atoms with Crippen LogP contribution in [0.1, 0.15) is 15.9 Å². The number of carbonyl (C=O) groups is 1. The van der Waals surface area contributed by atoms with Gasteiger partial charge in [0.15, 0.2) is 0 Å². The van der Waals surface area contributed by atoms with E-state index in [1.807, 2.05) is 12.1 Å². The Labute approximate surface area is 142 Å². The molecular weight excluding hydrogens is 335 g/mol. The molecule has 0 unspecified atom stereocenters. The summed E-state index contributed by atoms with van der Waals surface area (Å²) in [5.41, 5.74) is 1.34. The summed E-state index contributed by atoms with van der Waals surface area (Å²) >= 11 is 12.2. The fraction of sp³-hybridized carbons (Fsp3) is 0.0625. The van der Waals surface area contributed by atoms with Crippen LogP contribution in [-0.4, -0.2) is 20.7 Å². The molecule has 1 amide bonds. The second-order valence-corrected chi connectivity index (χ2v) is 5.56. The van der Waals surface area contributed by atoms with Gasteiger partial charge in [-0.1, -0.05) is 35.3 Å². The summed E-state index contributed by atoms with van der Waals surface area (Å²) in [6.07, 6.45) is 4.75. The second kappa shape index (κ2) is 6.81. The molecule has 0 saturated heterocycles. The van der Waals surface area contributed by atoms with Crippen LogP contribution in [0.3, 0.4) is 0 Å². The average molecular weight is 347 g/mol. The largest absolute Gasteiger partial charge is 0.307 e. The van der Waals surface area contributed by atoms with Gasteiger partial charge in [0.25, 0.3) is 5.91 Å². The van der Waals surface area contributed by atoms with Gasteiger partial charge in [0.05, 0.1) is 22.8 Å². The quantitative estimate of drug-likeness (QED) is 0.779. The average Bonchev–Trinajstić information content (AvgIpc) is 2.99. The number of hydrogen-bond donors (Lipinski definition) is 1. The van der Waals surface area contributed by atoms with E-state index in [0.717, 1.165) is 5.56 Å².